The number of aliphatic carboxylic acids is 1. The number of nitrogens with one attached hydrogen (secondary N) is 1. The molecule has 0 unspecified atom stereocenters. The van der Waals surface area contributed by atoms with Crippen molar-refractivity contribution in [3.8, 4) is 11.5 Å². The number of amides is 1. The van der Waals surface area contributed by atoms with Crippen molar-refractivity contribution in [2.45, 2.75) is 25.8 Å². The molecule has 0 aliphatic heterocycles. The average Bonchev–Trinajstić information content (AvgIpc) is 2.76. The summed E-state index contributed by atoms with van der Waals surface area (Å²) in [7, 11) is 2.90. The van der Waals surface area contributed by atoms with E-state index in [0.29, 0.717) is 16.7 Å². The summed E-state index contributed by atoms with van der Waals surface area (Å²) in [6, 6.07) is 11.0. The molecule has 1 N–H and O–H groups in total. The first-order valence-corrected chi connectivity index (χ1v) is 9.57. The molecule has 3 aromatic rings. The van der Waals surface area contributed by atoms with E-state index in [1.165, 1.54) is 14.2 Å². The van der Waals surface area contributed by atoms with Gasteiger partial charge in [0.25, 0.3) is 0 Å². The molecule has 0 aliphatic rings. The lowest BCUT2D eigenvalue weighted by molar-refractivity contribution is -0.308. The first-order chi connectivity index (χ1) is 14.8. The van der Waals surface area contributed by atoms with Crippen LogP contribution in [0.3, 0.4) is 0 Å². The lowest BCUT2D eigenvalue weighted by Gasteiger charge is -2.20. The van der Waals surface area contributed by atoms with E-state index in [1.54, 1.807) is 43.3 Å². The Hall–Kier alpha value is -3.81. The molecule has 0 fully saturated rings. The van der Waals surface area contributed by atoms with E-state index in [4.69, 9.17) is 13.9 Å². The Morgan fingerprint density at radius 3 is 2.42 bits per heavy atom. The van der Waals surface area contributed by atoms with E-state index in [-0.39, 0.29) is 29.7 Å². The molecule has 8 heteroatoms. The van der Waals surface area contributed by atoms with Crippen molar-refractivity contribution < 1.29 is 28.6 Å². The van der Waals surface area contributed by atoms with Crippen LogP contribution < -0.4 is 25.5 Å². The second-order valence-corrected chi connectivity index (χ2v) is 6.98. The van der Waals surface area contributed by atoms with Crippen LogP contribution in [0.5, 0.6) is 11.5 Å². The fraction of sp³-hybridized carbons (Fsp3) is 0.261. The van der Waals surface area contributed by atoms with Gasteiger partial charge in [0.15, 0.2) is 11.3 Å². The third-order valence-electron chi connectivity index (χ3n) is 5.04. The van der Waals surface area contributed by atoms with Crippen LogP contribution in [0.4, 0.5) is 0 Å². The zero-order chi connectivity index (χ0) is 22.5. The topological polar surface area (TPSA) is 118 Å². The Morgan fingerprint density at radius 2 is 1.81 bits per heavy atom. The molecule has 2 aromatic carbocycles. The first kappa shape index (κ1) is 21.9. The summed E-state index contributed by atoms with van der Waals surface area (Å²) >= 11 is 0. The maximum Gasteiger partial charge on any atom is 0.340 e. The molecule has 8 nitrogen and oxygen atoms in total. The fourth-order valence-electron chi connectivity index (χ4n) is 3.42. The number of aryl methyl sites for hydroxylation is 1. The largest absolute Gasteiger partial charge is 0.548 e. The van der Waals surface area contributed by atoms with Gasteiger partial charge >= 0.3 is 5.63 Å². The van der Waals surface area contributed by atoms with Gasteiger partial charge in [0.05, 0.1) is 38.2 Å². The number of carbonyl (C=O) groups excluding carboxylic acids is 2. The van der Waals surface area contributed by atoms with E-state index in [9.17, 15) is 19.5 Å². The van der Waals surface area contributed by atoms with Gasteiger partial charge < -0.3 is 29.1 Å². The molecule has 0 spiro atoms. The van der Waals surface area contributed by atoms with Gasteiger partial charge in [-0.05, 0) is 36.6 Å². The first-order valence-electron chi connectivity index (χ1n) is 9.57. The van der Waals surface area contributed by atoms with Gasteiger partial charge in [-0.3, -0.25) is 4.79 Å². The smallest absolute Gasteiger partial charge is 0.340 e. The van der Waals surface area contributed by atoms with Crippen LogP contribution in [-0.2, 0) is 22.4 Å². The standard InChI is InChI=1S/C23H23NO7/c1-13-15-9-10-18(29-2)21(30-3)20(15)31-23(28)16(13)12-19(25)24-17(22(26)27)11-14-7-5-4-6-8-14/h4-10,17H,11-12H2,1-3H3,(H,24,25)(H,26,27)/p-1/t17-/m0/s1. The predicted molar refractivity (Wildman–Crippen MR) is 111 cm³/mol. The molecular weight excluding hydrogens is 402 g/mol. The van der Waals surface area contributed by atoms with Crippen LogP contribution in [-0.4, -0.2) is 32.1 Å². The molecule has 3 rings (SSSR count). The van der Waals surface area contributed by atoms with Gasteiger partial charge in [-0.1, -0.05) is 30.3 Å². The zero-order valence-electron chi connectivity index (χ0n) is 17.4. The number of hydrogen-bond acceptors (Lipinski definition) is 7. The van der Waals surface area contributed by atoms with E-state index in [2.05, 4.69) is 5.32 Å². The number of benzene rings is 2. The van der Waals surface area contributed by atoms with Gasteiger partial charge in [0, 0.05) is 5.39 Å². The maximum absolute atomic E-state index is 12.6. The monoisotopic (exact) mass is 424 g/mol. The molecule has 1 heterocycles. The van der Waals surface area contributed by atoms with Crippen molar-refractivity contribution in [2.75, 3.05) is 14.2 Å². The van der Waals surface area contributed by atoms with Gasteiger partial charge in [-0.2, -0.15) is 0 Å². The van der Waals surface area contributed by atoms with Crippen LogP contribution in [0, 0.1) is 6.92 Å². The molecule has 0 aliphatic carbocycles. The van der Waals surface area contributed by atoms with Crippen LogP contribution in [0.1, 0.15) is 16.7 Å². The van der Waals surface area contributed by atoms with E-state index in [1.807, 2.05) is 6.07 Å². The summed E-state index contributed by atoms with van der Waals surface area (Å²) < 4.78 is 15.9. The second-order valence-electron chi connectivity index (χ2n) is 6.98. The number of ether oxygens (including phenoxy) is 2. The average molecular weight is 424 g/mol. The highest BCUT2D eigenvalue weighted by molar-refractivity contribution is 5.90. The van der Waals surface area contributed by atoms with Crippen molar-refractivity contribution >= 4 is 22.8 Å². The lowest BCUT2D eigenvalue weighted by Crippen LogP contribution is -2.49. The van der Waals surface area contributed by atoms with Crippen LogP contribution in [0.2, 0.25) is 0 Å². The molecular formula is C23H22NO7-. The van der Waals surface area contributed by atoms with Crippen LogP contribution in [0.25, 0.3) is 11.0 Å². The number of carboxylic acid groups (broad SMARTS) is 1. The lowest BCUT2D eigenvalue weighted by atomic mass is 10.0. The predicted octanol–water partition coefficient (Wildman–Crippen LogP) is 1.14. The Morgan fingerprint density at radius 1 is 1.10 bits per heavy atom. The minimum absolute atomic E-state index is 0.0667. The Balaban J connectivity index is 1.87. The highest BCUT2D eigenvalue weighted by atomic mass is 16.5. The van der Waals surface area contributed by atoms with Crippen molar-refractivity contribution in [3.63, 3.8) is 0 Å². The third kappa shape index (κ3) is 4.69. The quantitative estimate of drug-likeness (QED) is 0.539. The molecule has 162 valence electrons. The van der Waals surface area contributed by atoms with Gasteiger partial charge in [-0.15, -0.1) is 0 Å². The number of carboxylic acids is 1. The highest BCUT2D eigenvalue weighted by Gasteiger charge is 2.21. The maximum atomic E-state index is 12.6. The Kier molecular flexibility index (Phi) is 6.59. The van der Waals surface area contributed by atoms with Crippen molar-refractivity contribution in [2.24, 2.45) is 0 Å². The Bertz CT molecular complexity index is 1170. The van der Waals surface area contributed by atoms with Crippen molar-refractivity contribution in [1.29, 1.82) is 0 Å². The van der Waals surface area contributed by atoms with Crippen LogP contribution >= 0.6 is 0 Å². The fourth-order valence-corrected chi connectivity index (χ4v) is 3.42. The minimum Gasteiger partial charge on any atom is -0.548 e. The molecule has 0 bridgehead atoms. The number of carbonyl (C=O) groups is 2. The van der Waals surface area contributed by atoms with Crippen LogP contribution in [0.15, 0.2) is 51.7 Å². The van der Waals surface area contributed by atoms with Crippen molar-refractivity contribution in [1.82, 2.24) is 5.32 Å². The summed E-state index contributed by atoms with van der Waals surface area (Å²) in [6.45, 7) is 1.69. The molecule has 0 saturated heterocycles. The number of fused-ring (bicyclic) bond motifs is 1. The number of rotatable bonds is 8. The third-order valence-corrected chi connectivity index (χ3v) is 5.04. The van der Waals surface area contributed by atoms with E-state index >= 15 is 0 Å². The molecule has 31 heavy (non-hydrogen) atoms. The molecule has 0 radical (unpaired) electrons. The summed E-state index contributed by atoms with van der Waals surface area (Å²) in [5, 5.41) is 14.5. The molecule has 1 atom stereocenters. The molecule has 0 saturated carbocycles. The molecule has 1 aromatic heterocycles. The van der Waals surface area contributed by atoms with Gasteiger partial charge in [0.2, 0.25) is 11.7 Å². The second kappa shape index (κ2) is 9.34. The Labute approximate surface area is 178 Å². The normalized spacial score (nSPS) is 11.7. The van der Waals surface area contributed by atoms with E-state index < -0.39 is 23.5 Å². The molecule has 1 amide bonds. The number of hydrogen-bond donors (Lipinski definition) is 1. The number of methoxy groups -OCH3 is 2. The van der Waals surface area contributed by atoms with Gasteiger partial charge in [-0.25, -0.2) is 4.79 Å². The summed E-state index contributed by atoms with van der Waals surface area (Å²) in [5.74, 6) is -1.35. The van der Waals surface area contributed by atoms with E-state index in [0.717, 1.165) is 5.56 Å². The SMILES string of the molecule is COc1ccc2c(C)c(CC(=O)N[C@@H](Cc3ccccc3)C(=O)[O-])c(=O)oc2c1OC. The summed E-state index contributed by atoms with van der Waals surface area (Å²) in [6.07, 6.45) is -0.270. The van der Waals surface area contributed by atoms with Crippen molar-refractivity contribution in [3.05, 3.63) is 69.6 Å². The summed E-state index contributed by atoms with van der Waals surface area (Å²) in [4.78, 5) is 36.6. The summed E-state index contributed by atoms with van der Waals surface area (Å²) in [5.41, 5.74) is 0.911. The zero-order valence-corrected chi connectivity index (χ0v) is 17.4. The van der Waals surface area contributed by atoms with Gasteiger partial charge in [0.1, 0.15) is 0 Å². The highest BCUT2D eigenvalue weighted by Crippen LogP contribution is 2.36. The minimum atomic E-state index is -1.41.